The number of piperidine rings is 2. The van der Waals surface area contributed by atoms with Gasteiger partial charge < -0.3 is 34.6 Å². The molecule has 18 nitrogen and oxygen atoms in total. The Bertz CT molecular complexity index is 3050. The van der Waals surface area contributed by atoms with Crippen LogP contribution in [0.3, 0.4) is 0 Å². The van der Waals surface area contributed by atoms with Gasteiger partial charge >= 0.3 is 0 Å². The number of rotatable bonds is 14. The summed E-state index contributed by atoms with van der Waals surface area (Å²) >= 11 is 3.64. The normalized spacial score (nSPS) is 21.2. The molecule has 20 heteroatoms. The fraction of sp³-hybridized carbons (Fsp3) is 0.453. The number of carbonyl (C=O) groups is 4. The Morgan fingerprint density at radius 1 is 0.808 bits per heavy atom. The van der Waals surface area contributed by atoms with Crippen LogP contribution in [0.25, 0.3) is 11.1 Å². The number of hydrogen-bond donors (Lipinski definition) is 3. The summed E-state index contributed by atoms with van der Waals surface area (Å²) in [7, 11) is 1.00. The second-order valence-electron chi connectivity index (χ2n) is 20.8. The number of halogens is 1. The summed E-state index contributed by atoms with van der Waals surface area (Å²) in [5, 5.41) is 14.5. The van der Waals surface area contributed by atoms with Gasteiger partial charge in [-0.1, -0.05) is 6.07 Å². The van der Waals surface area contributed by atoms with Gasteiger partial charge in [0.15, 0.2) is 0 Å². The Hall–Kier alpha value is -6.14. The Morgan fingerprint density at radius 3 is 2.30 bits per heavy atom. The van der Waals surface area contributed by atoms with Crippen molar-refractivity contribution in [2.24, 2.45) is 13.0 Å². The minimum Gasteiger partial charge on any atom is -0.494 e. The number of benzene rings is 3. The smallest absolute Gasteiger partial charge is 0.262 e. The van der Waals surface area contributed by atoms with Crippen LogP contribution in [0.2, 0.25) is 0 Å². The third-order valence-electron chi connectivity index (χ3n) is 15.5. The molecule has 5 aliphatic heterocycles. The van der Waals surface area contributed by atoms with Crippen molar-refractivity contribution < 1.29 is 28.5 Å². The number of aryl methyl sites for hydroxylation is 1. The molecular formula is C53H62BrN12O6P. The first-order chi connectivity index (χ1) is 35.2. The van der Waals surface area contributed by atoms with Crippen LogP contribution in [0, 0.1) is 5.92 Å². The molecule has 11 rings (SSSR count). The van der Waals surface area contributed by atoms with Gasteiger partial charge in [-0.2, -0.15) is 10.1 Å². The van der Waals surface area contributed by atoms with Crippen LogP contribution in [0.1, 0.15) is 77.1 Å². The quantitative estimate of drug-likeness (QED) is 0.0780. The molecule has 1 aliphatic carbocycles. The van der Waals surface area contributed by atoms with Gasteiger partial charge in [0.25, 0.3) is 11.8 Å². The van der Waals surface area contributed by atoms with Crippen molar-refractivity contribution in [3.05, 3.63) is 88.3 Å². The summed E-state index contributed by atoms with van der Waals surface area (Å²) in [4.78, 5) is 71.6. The van der Waals surface area contributed by atoms with Crippen LogP contribution in [0.5, 0.6) is 5.75 Å². The van der Waals surface area contributed by atoms with E-state index in [1.807, 2.05) is 36.3 Å². The van der Waals surface area contributed by atoms with Crippen LogP contribution < -0.4 is 35.8 Å². The lowest BCUT2D eigenvalue weighted by Gasteiger charge is -2.44. The number of amides is 4. The van der Waals surface area contributed by atoms with Crippen LogP contribution in [0.15, 0.2) is 71.6 Å². The third kappa shape index (κ3) is 10.1. The zero-order valence-electron chi connectivity index (χ0n) is 41.8. The van der Waals surface area contributed by atoms with Crippen molar-refractivity contribution in [3.63, 3.8) is 0 Å². The molecule has 0 bridgehead atoms. The van der Waals surface area contributed by atoms with E-state index in [0.717, 1.165) is 117 Å². The highest BCUT2D eigenvalue weighted by molar-refractivity contribution is 9.10. The molecule has 5 fully saturated rings. The number of ether oxygens (including phenoxy) is 1. The van der Waals surface area contributed by atoms with Crippen LogP contribution in [-0.2, 0) is 21.2 Å². The van der Waals surface area contributed by atoms with Crippen molar-refractivity contribution in [2.75, 3.05) is 99.8 Å². The zero-order valence-corrected chi connectivity index (χ0v) is 44.3. The van der Waals surface area contributed by atoms with E-state index in [9.17, 15) is 23.7 Å². The Balaban J connectivity index is 0.707. The molecule has 6 aliphatic rings. The van der Waals surface area contributed by atoms with Crippen molar-refractivity contribution >= 4 is 86.5 Å². The molecule has 3 aromatic carbocycles. The molecule has 5 aromatic rings. The number of hydrogen-bond acceptors (Lipinski definition) is 15. The van der Waals surface area contributed by atoms with Gasteiger partial charge in [-0.05, 0) is 135 Å². The second-order valence-corrected chi connectivity index (χ2v) is 24.9. The lowest BCUT2D eigenvalue weighted by molar-refractivity contribution is -0.136. The van der Waals surface area contributed by atoms with Crippen LogP contribution in [-0.4, -0.2) is 150 Å². The Labute approximate surface area is 433 Å². The number of nitrogens with one attached hydrogen (secondary N) is 3. The molecule has 7 heterocycles. The van der Waals surface area contributed by atoms with E-state index < -0.39 is 30.9 Å². The zero-order chi connectivity index (χ0) is 50.7. The standard InChI is InChI=1S/C53H62BrN12O6P/c1-61-31-35(27-56-61)39-25-43(58-53-55-28-41(54)49(60-53)57-42-10-7-34(33-5-6-33)23-47(42)73(3,4)71)46(72-2)26-45(39)64-21-19-63(20-22-64)36-14-16-62(17-15-36)29-32-13-18-65(30-32)37-8-9-38-40(24-37)52(70)66(51(38)69)44-11-12-48(67)59-50(44)68/h7-10,23-28,31-33,36,44H,5-6,11-22,29-30H2,1-4H3,(H,59,67,68)(H2,55,57,58,60). The van der Waals surface area contributed by atoms with Crippen molar-refractivity contribution in [3.8, 4) is 16.9 Å². The van der Waals surface area contributed by atoms with E-state index in [4.69, 9.17) is 9.72 Å². The van der Waals surface area contributed by atoms with E-state index in [2.05, 4.69) is 85.8 Å². The first kappa shape index (κ1) is 49.1. The summed E-state index contributed by atoms with van der Waals surface area (Å²) in [6.45, 7) is 12.1. The lowest BCUT2D eigenvalue weighted by atomic mass is 9.99. The van der Waals surface area contributed by atoms with E-state index in [0.29, 0.717) is 56.7 Å². The number of carbonyl (C=O) groups excluding carboxylic acids is 4. The summed E-state index contributed by atoms with van der Waals surface area (Å²) in [5.74, 6) is 0.687. The molecular weight excluding hydrogens is 1010 g/mol. The number of imide groups is 2. The molecule has 73 heavy (non-hydrogen) atoms. The molecule has 382 valence electrons. The predicted molar refractivity (Wildman–Crippen MR) is 286 cm³/mol. The average molecular weight is 1070 g/mol. The average Bonchev–Trinajstić information content (AvgIpc) is 3.89. The topological polar surface area (TPSA) is 190 Å². The van der Waals surface area contributed by atoms with Gasteiger partial charge in [0.05, 0.1) is 40.3 Å². The Kier molecular flexibility index (Phi) is 13.4. The SMILES string of the molecule is COc1cc(N2CCN(C3CCN(CC4CCN(c5ccc6c(c5)C(=O)N(C5CCC(=O)NC5=O)C6=O)C4)CC3)CC2)c(-c2cnn(C)c2)cc1Nc1ncc(Br)c(Nc2ccc(C3CC3)cc2P(C)(C)=O)n1. The number of methoxy groups -OCH3 is 1. The van der Waals surface area contributed by atoms with Crippen LogP contribution >= 0.6 is 23.1 Å². The van der Waals surface area contributed by atoms with E-state index in [1.54, 1.807) is 38.8 Å². The molecule has 4 amide bonds. The first-order valence-electron chi connectivity index (χ1n) is 25.5. The molecule has 0 radical (unpaired) electrons. The van der Waals surface area contributed by atoms with Gasteiger partial charge in [0, 0.05) is 112 Å². The van der Waals surface area contributed by atoms with Crippen molar-refractivity contribution in [1.29, 1.82) is 0 Å². The lowest BCUT2D eigenvalue weighted by Crippen LogP contribution is -2.54. The molecule has 0 spiro atoms. The highest BCUT2D eigenvalue weighted by Gasteiger charge is 2.45. The number of anilines is 6. The Morgan fingerprint density at radius 2 is 1.59 bits per heavy atom. The highest BCUT2D eigenvalue weighted by atomic mass is 79.9. The van der Waals surface area contributed by atoms with E-state index in [1.165, 1.54) is 18.4 Å². The molecule has 1 saturated carbocycles. The van der Waals surface area contributed by atoms with Gasteiger partial charge in [-0.3, -0.25) is 39.0 Å². The molecule has 4 saturated heterocycles. The summed E-state index contributed by atoms with van der Waals surface area (Å²) in [6, 6.07) is 15.4. The monoisotopic (exact) mass is 1070 g/mol. The molecule has 2 unspecified atom stereocenters. The first-order valence-corrected chi connectivity index (χ1v) is 28.9. The minimum absolute atomic E-state index is 0.0936. The molecule has 2 aromatic heterocycles. The van der Waals surface area contributed by atoms with E-state index in [-0.39, 0.29) is 18.7 Å². The molecule has 3 N–H and O–H groups in total. The summed E-state index contributed by atoms with van der Waals surface area (Å²) < 4.78 is 22.0. The fourth-order valence-electron chi connectivity index (χ4n) is 11.5. The maximum absolute atomic E-state index is 13.5. The summed E-state index contributed by atoms with van der Waals surface area (Å²) in [5.41, 5.74) is 7.35. The van der Waals surface area contributed by atoms with Crippen molar-refractivity contribution in [2.45, 2.75) is 62.9 Å². The second kappa shape index (κ2) is 19.9. The number of nitrogens with zero attached hydrogens (tertiary/aromatic N) is 9. The fourth-order valence-corrected chi connectivity index (χ4v) is 12.9. The van der Waals surface area contributed by atoms with Gasteiger partial charge in [0.2, 0.25) is 17.8 Å². The number of piperazine rings is 1. The number of aromatic nitrogens is 4. The predicted octanol–water partition coefficient (Wildman–Crippen LogP) is 6.77. The van der Waals surface area contributed by atoms with Crippen LogP contribution in [0.4, 0.5) is 34.5 Å². The number of likely N-dealkylation sites (tertiary alicyclic amines) is 1. The third-order valence-corrected chi connectivity index (χ3v) is 17.7. The van der Waals surface area contributed by atoms with Crippen molar-refractivity contribution in [1.82, 2.24) is 39.8 Å². The maximum atomic E-state index is 13.5. The maximum Gasteiger partial charge on any atom is 0.262 e. The molecule has 2 atom stereocenters. The minimum atomic E-state index is -2.60. The van der Waals surface area contributed by atoms with Gasteiger partial charge in [0.1, 0.15) is 24.8 Å². The number of fused-ring (bicyclic) bond motifs is 1. The summed E-state index contributed by atoms with van der Waals surface area (Å²) in [6.07, 6.45) is 11.5. The van der Waals surface area contributed by atoms with E-state index >= 15 is 0 Å². The largest absolute Gasteiger partial charge is 0.494 e. The highest BCUT2D eigenvalue weighted by Crippen LogP contribution is 2.45. The van der Waals surface area contributed by atoms with Gasteiger partial charge in [-0.25, -0.2) is 4.98 Å². The van der Waals surface area contributed by atoms with Gasteiger partial charge in [-0.15, -0.1) is 0 Å².